The number of rotatable bonds is 2. The first-order valence-electron chi connectivity index (χ1n) is 4.57. The highest BCUT2D eigenvalue weighted by Crippen LogP contribution is 2.38. The molecule has 0 saturated carbocycles. The maximum atomic E-state index is 12.1. The molecule has 8 heteroatoms. The van der Waals surface area contributed by atoms with Crippen LogP contribution < -0.4 is 8.92 Å². The Morgan fingerprint density at radius 2 is 2.00 bits per heavy atom. The third-order valence-corrected chi connectivity index (χ3v) is 3.13. The minimum absolute atomic E-state index is 0.0559. The fourth-order valence-corrected chi connectivity index (χ4v) is 1.88. The molecule has 1 aromatic rings. The predicted molar refractivity (Wildman–Crippen MR) is 51.2 cm³/mol. The van der Waals surface area contributed by atoms with Gasteiger partial charge in [-0.2, -0.15) is 21.6 Å². The number of hydrogen-bond donors (Lipinski definition) is 0. The fraction of sp³-hybridized carbons (Fsp3) is 0.333. The topological polar surface area (TPSA) is 52.6 Å². The van der Waals surface area contributed by atoms with Crippen LogP contribution in [0.2, 0.25) is 0 Å². The highest BCUT2D eigenvalue weighted by Gasteiger charge is 2.49. The van der Waals surface area contributed by atoms with Gasteiger partial charge in [0.25, 0.3) is 0 Å². The van der Waals surface area contributed by atoms with Gasteiger partial charge in [0.15, 0.2) is 11.5 Å². The Kier molecular flexibility index (Phi) is 2.69. The molecular formula is C9H7F3O4S. The summed E-state index contributed by atoms with van der Waals surface area (Å²) in [6, 6.07) is 4.16. The van der Waals surface area contributed by atoms with E-state index in [1.807, 2.05) is 0 Å². The average Bonchev–Trinajstić information content (AvgIpc) is 2.64. The summed E-state index contributed by atoms with van der Waals surface area (Å²) in [6.07, 6.45) is 0.512. The van der Waals surface area contributed by atoms with E-state index in [4.69, 9.17) is 4.74 Å². The molecule has 0 radical (unpaired) electrons. The zero-order valence-electron chi connectivity index (χ0n) is 8.32. The van der Waals surface area contributed by atoms with Gasteiger partial charge in [0.1, 0.15) is 0 Å². The van der Waals surface area contributed by atoms with Crippen LogP contribution in [-0.2, 0) is 16.5 Å². The van der Waals surface area contributed by atoms with Gasteiger partial charge in [-0.3, -0.25) is 0 Å². The summed E-state index contributed by atoms with van der Waals surface area (Å²) in [7, 11) is -5.65. The SMILES string of the molecule is O=S(=O)(Oc1cccc2c1OCC2)C(F)(F)F. The lowest BCUT2D eigenvalue weighted by molar-refractivity contribution is -0.0500. The number of benzene rings is 1. The lowest BCUT2D eigenvalue weighted by Crippen LogP contribution is -2.28. The highest BCUT2D eigenvalue weighted by molar-refractivity contribution is 7.88. The largest absolute Gasteiger partial charge is 0.534 e. The van der Waals surface area contributed by atoms with Crippen LogP contribution in [0.15, 0.2) is 18.2 Å². The van der Waals surface area contributed by atoms with Crippen molar-refractivity contribution < 1.29 is 30.5 Å². The summed E-state index contributed by atoms with van der Waals surface area (Å²) in [6.45, 7) is 0.293. The molecule has 0 N–H and O–H groups in total. The highest BCUT2D eigenvalue weighted by atomic mass is 32.2. The van der Waals surface area contributed by atoms with Gasteiger partial charge >= 0.3 is 15.6 Å². The van der Waals surface area contributed by atoms with Crippen molar-refractivity contribution in [1.82, 2.24) is 0 Å². The van der Waals surface area contributed by atoms with Gasteiger partial charge in [-0.05, 0) is 6.07 Å². The van der Waals surface area contributed by atoms with Crippen molar-refractivity contribution in [3.05, 3.63) is 23.8 Å². The Morgan fingerprint density at radius 3 is 2.65 bits per heavy atom. The second-order valence-electron chi connectivity index (χ2n) is 3.33. The smallest absolute Gasteiger partial charge is 0.489 e. The van der Waals surface area contributed by atoms with E-state index in [-0.39, 0.29) is 5.75 Å². The summed E-state index contributed by atoms with van der Waals surface area (Å²) in [5.74, 6) is -0.377. The summed E-state index contributed by atoms with van der Waals surface area (Å²) < 4.78 is 67.1. The zero-order valence-corrected chi connectivity index (χ0v) is 9.14. The van der Waals surface area contributed by atoms with Gasteiger partial charge < -0.3 is 8.92 Å². The molecule has 0 fully saturated rings. The van der Waals surface area contributed by atoms with Crippen LogP contribution in [0.3, 0.4) is 0 Å². The number of alkyl halides is 3. The van der Waals surface area contributed by atoms with E-state index in [0.717, 1.165) is 6.07 Å². The monoisotopic (exact) mass is 268 g/mol. The number of halogens is 3. The summed E-state index contributed by atoms with van der Waals surface area (Å²) in [4.78, 5) is 0. The number of fused-ring (bicyclic) bond motifs is 1. The summed E-state index contributed by atoms with van der Waals surface area (Å²) in [5.41, 5.74) is -4.83. The van der Waals surface area contributed by atoms with Crippen molar-refractivity contribution in [3.8, 4) is 11.5 Å². The van der Waals surface area contributed by atoms with Crippen LogP contribution in [0.4, 0.5) is 13.2 Å². The normalized spacial score (nSPS) is 15.2. The molecule has 0 spiro atoms. The van der Waals surface area contributed by atoms with Crippen molar-refractivity contribution in [2.45, 2.75) is 11.9 Å². The predicted octanol–water partition coefficient (Wildman–Crippen LogP) is 1.85. The van der Waals surface area contributed by atoms with E-state index in [1.165, 1.54) is 6.07 Å². The van der Waals surface area contributed by atoms with Crippen molar-refractivity contribution in [2.24, 2.45) is 0 Å². The number of para-hydroxylation sites is 1. The molecule has 4 nitrogen and oxygen atoms in total. The minimum atomic E-state index is -5.65. The molecule has 0 bridgehead atoms. The molecule has 0 amide bonds. The lowest BCUT2D eigenvalue weighted by Gasteiger charge is -2.11. The first-order chi connectivity index (χ1) is 7.81. The molecule has 94 valence electrons. The second-order valence-corrected chi connectivity index (χ2v) is 4.86. The van der Waals surface area contributed by atoms with Crippen LogP contribution in [0, 0.1) is 0 Å². The maximum Gasteiger partial charge on any atom is 0.534 e. The lowest BCUT2D eigenvalue weighted by atomic mass is 10.2. The first-order valence-corrected chi connectivity index (χ1v) is 5.97. The Morgan fingerprint density at radius 1 is 1.29 bits per heavy atom. The second kappa shape index (κ2) is 3.80. The number of ether oxygens (including phenoxy) is 1. The average molecular weight is 268 g/mol. The van der Waals surface area contributed by atoms with Gasteiger partial charge in [-0.15, -0.1) is 0 Å². The van der Waals surface area contributed by atoms with Crippen molar-refractivity contribution in [1.29, 1.82) is 0 Å². The Balaban J connectivity index is 2.36. The van der Waals surface area contributed by atoms with Gasteiger partial charge in [0.05, 0.1) is 6.61 Å². The van der Waals surface area contributed by atoms with E-state index >= 15 is 0 Å². The van der Waals surface area contributed by atoms with E-state index in [1.54, 1.807) is 6.07 Å². The number of hydrogen-bond acceptors (Lipinski definition) is 4. The van der Waals surface area contributed by atoms with Gasteiger partial charge in [-0.25, -0.2) is 0 Å². The van der Waals surface area contributed by atoms with E-state index in [2.05, 4.69) is 4.18 Å². The molecular weight excluding hydrogens is 261 g/mol. The van der Waals surface area contributed by atoms with Crippen molar-refractivity contribution in [3.63, 3.8) is 0 Å². The molecule has 0 aliphatic carbocycles. The van der Waals surface area contributed by atoms with Gasteiger partial charge in [-0.1, -0.05) is 12.1 Å². The first kappa shape index (κ1) is 12.0. The zero-order chi connectivity index (χ0) is 12.7. The van der Waals surface area contributed by atoms with E-state index in [9.17, 15) is 21.6 Å². The summed E-state index contributed by atoms with van der Waals surface area (Å²) in [5, 5.41) is 0. The molecule has 0 aromatic heterocycles. The van der Waals surface area contributed by atoms with Crippen LogP contribution in [0.25, 0.3) is 0 Å². The standard InChI is InChI=1S/C9H7F3O4S/c10-9(11,12)17(13,14)16-7-3-1-2-6-4-5-15-8(6)7/h1-3H,4-5H2. The van der Waals surface area contributed by atoms with Crippen molar-refractivity contribution >= 4 is 10.1 Å². The Labute approximate surface area is 95.1 Å². The molecule has 1 aliphatic heterocycles. The maximum absolute atomic E-state index is 12.1. The molecule has 2 rings (SSSR count). The van der Waals surface area contributed by atoms with Crippen molar-refractivity contribution in [2.75, 3.05) is 6.61 Å². The Bertz CT molecular complexity index is 536. The van der Waals surface area contributed by atoms with Crippen LogP contribution in [0.5, 0.6) is 11.5 Å². The molecule has 17 heavy (non-hydrogen) atoms. The van der Waals surface area contributed by atoms with Crippen LogP contribution in [0.1, 0.15) is 5.56 Å². The van der Waals surface area contributed by atoms with Crippen LogP contribution >= 0.6 is 0 Å². The third-order valence-electron chi connectivity index (χ3n) is 2.16. The van der Waals surface area contributed by atoms with Gasteiger partial charge in [0.2, 0.25) is 0 Å². The minimum Gasteiger partial charge on any atom is -0.489 e. The molecule has 0 unspecified atom stereocenters. The molecule has 1 aromatic carbocycles. The molecule has 1 heterocycles. The Hall–Kier alpha value is -1.44. The van der Waals surface area contributed by atoms with Gasteiger partial charge in [0, 0.05) is 12.0 Å². The molecule has 0 atom stereocenters. The summed E-state index contributed by atoms with van der Waals surface area (Å²) >= 11 is 0. The molecule has 0 saturated heterocycles. The third kappa shape index (κ3) is 2.17. The quantitative estimate of drug-likeness (QED) is 0.606. The van der Waals surface area contributed by atoms with E-state index in [0.29, 0.717) is 18.6 Å². The van der Waals surface area contributed by atoms with Crippen LogP contribution in [-0.4, -0.2) is 20.5 Å². The van der Waals surface area contributed by atoms with E-state index < -0.39 is 21.4 Å². The fourth-order valence-electron chi connectivity index (χ4n) is 1.42. The molecule has 1 aliphatic rings.